The summed E-state index contributed by atoms with van der Waals surface area (Å²) < 4.78 is 2.49. The van der Waals surface area contributed by atoms with Crippen LogP contribution >= 0.6 is 12.2 Å². The maximum absolute atomic E-state index is 8.80. The van der Waals surface area contributed by atoms with E-state index in [0.29, 0.717) is 16.9 Å². The second kappa shape index (κ2) is 4.29. The van der Waals surface area contributed by atoms with Crippen LogP contribution in [0.2, 0.25) is 0 Å². The highest BCUT2D eigenvalue weighted by Gasteiger charge is 2.02. The predicted octanol–water partition coefficient (Wildman–Crippen LogP) is 2.17. The molecule has 0 atom stereocenters. The van der Waals surface area contributed by atoms with Crippen molar-refractivity contribution >= 4 is 12.2 Å². The molecule has 5 heteroatoms. The van der Waals surface area contributed by atoms with E-state index in [9.17, 15) is 0 Å². The Hall–Kier alpha value is -1.93. The predicted molar refractivity (Wildman–Crippen MR) is 62.4 cm³/mol. The highest BCUT2D eigenvalue weighted by molar-refractivity contribution is 7.71. The highest BCUT2D eigenvalue weighted by atomic mass is 32.1. The summed E-state index contributed by atoms with van der Waals surface area (Å²) in [6, 6.07) is 9.59. The Balaban J connectivity index is 2.35. The minimum absolute atomic E-state index is 0.597. The molecule has 0 saturated carbocycles. The van der Waals surface area contributed by atoms with E-state index >= 15 is 0 Å². The zero-order valence-electron chi connectivity index (χ0n) is 8.77. The minimum Gasteiger partial charge on any atom is -0.300 e. The van der Waals surface area contributed by atoms with Crippen LogP contribution in [0.25, 0.3) is 0 Å². The highest BCUT2D eigenvalue weighted by Crippen LogP contribution is 2.07. The van der Waals surface area contributed by atoms with Gasteiger partial charge in [-0.3, -0.25) is 9.67 Å². The van der Waals surface area contributed by atoms with Gasteiger partial charge in [-0.2, -0.15) is 10.4 Å². The van der Waals surface area contributed by atoms with Gasteiger partial charge >= 0.3 is 0 Å². The summed E-state index contributed by atoms with van der Waals surface area (Å²) in [6.45, 7) is 2.52. The summed E-state index contributed by atoms with van der Waals surface area (Å²) in [5.74, 6) is 0.840. The number of nitrogens with one attached hydrogen (secondary N) is 1. The van der Waals surface area contributed by atoms with Crippen LogP contribution in [0, 0.1) is 23.0 Å². The second-order valence-corrected chi connectivity index (χ2v) is 3.86. The number of rotatable bonds is 2. The minimum atomic E-state index is 0.597. The number of benzene rings is 1. The van der Waals surface area contributed by atoms with Gasteiger partial charge in [0, 0.05) is 0 Å². The van der Waals surface area contributed by atoms with Crippen molar-refractivity contribution in [1.29, 1.82) is 5.26 Å². The lowest BCUT2D eigenvalue weighted by Crippen LogP contribution is -2.02. The van der Waals surface area contributed by atoms with Crippen molar-refractivity contribution in [2.75, 3.05) is 0 Å². The fourth-order valence-corrected chi connectivity index (χ4v) is 1.75. The van der Waals surface area contributed by atoms with Crippen LogP contribution in [0.3, 0.4) is 0 Å². The van der Waals surface area contributed by atoms with E-state index in [4.69, 9.17) is 17.5 Å². The van der Waals surface area contributed by atoms with Gasteiger partial charge < -0.3 is 0 Å². The Labute approximate surface area is 98.2 Å². The zero-order valence-corrected chi connectivity index (χ0v) is 9.58. The summed E-state index contributed by atoms with van der Waals surface area (Å²) in [5, 5.41) is 15.6. The topological polar surface area (TPSA) is 57.4 Å². The van der Waals surface area contributed by atoms with Crippen molar-refractivity contribution in [3.8, 4) is 6.07 Å². The van der Waals surface area contributed by atoms with Gasteiger partial charge in [0.2, 0.25) is 0 Å². The van der Waals surface area contributed by atoms with E-state index in [1.807, 2.05) is 29.7 Å². The van der Waals surface area contributed by atoms with E-state index in [2.05, 4.69) is 16.3 Å². The average molecular weight is 230 g/mol. The first-order valence-corrected chi connectivity index (χ1v) is 5.22. The van der Waals surface area contributed by atoms with Gasteiger partial charge in [-0.25, -0.2) is 0 Å². The lowest BCUT2D eigenvalue weighted by Gasteiger charge is -2.04. The molecule has 4 nitrogen and oxygen atoms in total. The fraction of sp³-hybridized carbons (Fsp3) is 0.182. The van der Waals surface area contributed by atoms with Crippen LogP contribution in [-0.2, 0) is 6.54 Å². The molecule has 0 unspecified atom stereocenters. The third-order valence-corrected chi connectivity index (χ3v) is 2.66. The number of hydrogen-bond donors (Lipinski definition) is 1. The van der Waals surface area contributed by atoms with Crippen molar-refractivity contribution in [3.05, 3.63) is 46.0 Å². The Kier molecular flexibility index (Phi) is 2.84. The van der Waals surface area contributed by atoms with Crippen LogP contribution in [-0.4, -0.2) is 14.8 Å². The molecule has 1 aromatic heterocycles. The smallest absolute Gasteiger partial charge is 0.195 e. The van der Waals surface area contributed by atoms with Gasteiger partial charge in [0.15, 0.2) is 4.77 Å². The van der Waals surface area contributed by atoms with Gasteiger partial charge in [-0.15, -0.1) is 0 Å². The van der Waals surface area contributed by atoms with Crippen LogP contribution in [0.15, 0.2) is 24.3 Å². The molecule has 1 heterocycles. The SMILES string of the molecule is Cc1n[nH]c(=S)n1Cc1cccc(C#N)c1. The molecule has 16 heavy (non-hydrogen) atoms. The number of aromatic nitrogens is 3. The Bertz CT molecular complexity index is 603. The Morgan fingerprint density at radius 1 is 1.56 bits per heavy atom. The molecule has 0 aliphatic carbocycles. The van der Waals surface area contributed by atoms with Crippen molar-refractivity contribution in [2.45, 2.75) is 13.5 Å². The molecule has 1 aromatic carbocycles. The second-order valence-electron chi connectivity index (χ2n) is 3.47. The summed E-state index contributed by atoms with van der Waals surface area (Å²) in [5.41, 5.74) is 1.70. The molecular formula is C11H10N4S. The summed E-state index contributed by atoms with van der Waals surface area (Å²) in [7, 11) is 0. The molecule has 0 radical (unpaired) electrons. The van der Waals surface area contributed by atoms with Gasteiger partial charge in [-0.1, -0.05) is 12.1 Å². The molecule has 1 N–H and O–H groups in total. The molecule has 80 valence electrons. The van der Waals surface area contributed by atoms with E-state index in [1.165, 1.54) is 0 Å². The first-order valence-electron chi connectivity index (χ1n) is 4.81. The van der Waals surface area contributed by atoms with Crippen molar-refractivity contribution in [1.82, 2.24) is 14.8 Å². The third-order valence-electron chi connectivity index (χ3n) is 2.35. The molecule has 0 aliphatic rings. The largest absolute Gasteiger partial charge is 0.300 e. The molecule has 2 rings (SSSR count). The molecule has 0 spiro atoms. The van der Waals surface area contributed by atoms with Gasteiger partial charge in [0.25, 0.3) is 0 Å². The summed E-state index contributed by atoms with van der Waals surface area (Å²) in [6.07, 6.45) is 0. The number of H-pyrrole nitrogens is 1. The number of nitrogens with zero attached hydrogens (tertiary/aromatic N) is 3. The molecule has 0 bridgehead atoms. The van der Waals surface area contributed by atoms with Crippen LogP contribution in [0.5, 0.6) is 0 Å². The third kappa shape index (κ3) is 2.02. The Morgan fingerprint density at radius 3 is 3.00 bits per heavy atom. The average Bonchev–Trinajstić information content (AvgIpc) is 2.61. The first-order chi connectivity index (χ1) is 7.70. The van der Waals surface area contributed by atoms with Crippen molar-refractivity contribution in [3.63, 3.8) is 0 Å². The van der Waals surface area contributed by atoms with Crippen LogP contribution in [0.1, 0.15) is 17.0 Å². The number of aryl methyl sites for hydroxylation is 1. The summed E-state index contributed by atoms with van der Waals surface area (Å²) in [4.78, 5) is 0. The normalized spacial score (nSPS) is 10.0. The molecule has 0 amide bonds. The maximum Gasteiger partial charge on any atom is 0.195 e. The molecule has 0 aliphatic heterocycles. The number of nitriles is 1. The molecule has 2 aromatic rings. The molecule has 0 fully saturated rings. The molecular weight excluding hydrogens is 220 g/mol. The van der Waals surface area contributed by atoms with E-state index in [-0.39, 0.29) is 0 Å². The lowest BCUT2D eigenvalue weighted by atomic mass is 10.1. The fourth-order valence-electron chi connectivity index (χ4n) is 1.50. The summed E-state index contributed by atoms with van der Waals surface area (Å²) >= 11 is 5.11. The monoisotopic (exact) mass is 230 g/mol. The standard InChI is InChI=1S/C11H10N4S/c1-8-13-14-11(16)15(8)7-10-4-2-3-9(5-10)6-12/h2-5H,7H2,1H3,(H,14,16). The van der Waals surface area contributed by atoms with Crippen molar-refractivity contribution < 1.29 is 0 Å². The first kappa shape index (κ1) is 10.6. The van der Waals surface area contributed by atoms with Crippen molar-refractivity contribution in [2.24, 2.45) is 0 Å². The zero-order chi connectivity index (χ0) is 11.5. The van der Waals surface area contributed by atoms with Gasteiger partial charge in [0.05, 0.1) is 18.2 Å². The van der Waals surface area contributed by atoms with Gasteiger partial charge in [0.1, 0.15) is 5.82 Å². The maximum atomic E-state index is 8.80. The molecule has 0 saturated heterocycles. The van der Waals surface area contributed by atoms with Gasteiger partial charge in [-0.05, 0) is 36.8 Å². The van der Waals surface area contributed by atoms with E-state index in [1.54, 1.807) is 6.07 Å². The number of hydrogen-bond acceptors (Lipinski definition) is 3. The number of aromatic amines is 1. The lowest BCUT2D eigenvalue weighted by molar-refractivity contribution is 0.751. The quantitative estimate of drug-likeness (QED) is 0.804. The van der Waals surface area contributed by atoms with Crippen LogP contribution < -0.4 is 0 Å². The van der Waals surface area contributed by atoms with E-state index in [0.717, 1.165) is 11.4 Å². The van der Waals surface area contributed by atoms with Crippen LogP contribution in [0.4, 0.5) is 0 Å². The van der Waals surface area contributed by atoms with E-state index < -0.39 is 0 Å². The Morgan fingerprint density at radius 2 is 2.38 bits per heavy atom.